The molecule has 0 radical (unpaired) electrons. The number of hydrogen-bond donors (Lipinski definition) is 1. The molecule has 0 saturated heterocycles. The van der Waals surface area contributed by atoms with Gasteiger partial charge in [0.2, 0.25) is 5.91 Å². The average molecular weight is 454 g/mol. The van der Waals surface area contributed by atoms with Crippen LogP contribution in [0.2, 0.25) is 0 Å². The summed E-state index contributed by atoms with van der Waals surface area (Å²) in [4.78, 5) is 28.3. The van der Waals surface area contributed by atoms with Crippen LogP contribution in [0, 0.1) is 6.92 Å². The van der Waals surface area contributed by atoms with Crippen LogP contribution in [-0.4, -0.2) is 18.0 Å². The molecule has 1 aromatic heterocycles. The summed E-state index contributed by atoms with van der Waals surface area (Å²) in [5.74, 6) is -0.555. The molecule has 1 N–H and O–H groups in total. The molecule has 1 heterocycles. The molecule has 4 nitrogen and oxygen atoms in total. The summed E-state index contributed by atoms with van der Waals surface area (Å²) in [7, 11) is 0. The topological polar surface area (TPSA) is 55.4 Å². The molecule has 0 fully saturated rings. The lowest BCUT2D eigenvalue weighted by Gasteiger charge is -2.17. The lowest BCUT2D eigenvalue weighted by Crippen LogP contribution is -2.21. The first kappa shape index (κ1) is 23.1. The Morgan fingerprint density at radius 3 is 2.23 bits per heavy atom. The van der Waals surface area contributed by atoms with Crippen LogP contribution in [-0.2, 0) is 16.0 Å². The van der Waals surface area contributed by atoms with E-state index in [0.29, 0.717) is 17.0 Å². The first-order valence-corrected chi connectivity index (χ1v) is 12.0. The molecule has 31 heavy (non-hydrogen) atoms. The maximum atomic E-state index is 13.4. The Morgan fingerprint density at radius 1 is 1.03 bits per heavy atom. The summed E-state index contributed by atoms with van der Waals surface area (Å²) in [6, 6.07) is 19.5. The molecular formula is C25H27NO3S2. The van der Waals surface area contributed by atoms with Crippen LogP contribution >= 0.6 is 23.1 Å². The number of carbonyl (C=O) groups is 2. The monoisotopic (exact) mass is 453 g/mol. The molecule has 162 valence electrons. The number of ether oxygens (including phenoxy) is 1. The highest BCUT2D eigenvalue weighted by Crippen LogP contribution is 2.39. The van der Waals surface area contributed by atoms with E-state index in [1.54, 1.807) is 0 Å². The highest BCUT2D eigenvalue weighted by molar-refractivity contribution is 8.00. The molecule has 3 rings (SSSR count). The van der Waals surface area contributed by atoms with Crippen LogP contribution < -0.4 is 5.32 Å². The Kier molecular flexibility index (Phi) is 7.93. The van der Waals surface area contributed by atoms with Crippen molar-refractivity contribution in [3.63, 3.8) is 0 Å². The third kappa shape index (κ3) is 5.77. The maximum absolute atomic E-state index is 13.4. The van der Waals surface area contributed by atoms with Gasteiger partial charge in [0.1, 0.15) is 10.3 Å². The molecule has 0 bridgehead atoms. The number of aryl methyl sites for hydroxylation is 1. The Hall–Kier alpha value is -2.57. The quantitative estimate of drug-likeness (QED) is 0.306. The number of anilines is 1. The second kappa shape index (κ2) is 10.6. The average Bonchev–Trinajstić information content (AvgIpc) is 3.07. The standard InChI is InChI=1S/C25H27NO3S2/c1-5-20-17(4)30-24(21(20)25(28)29-16(2)3)26-23(27)22(18-12-8-6-9-13-18)31-19-14-10-7-11-15-19/h6-16,22H,5H2,1-4H3,(H,26,27)/t22-/m1/s1. The molecule has 1 atom stereocenters. The molecule has 0 saturated carbocycles. The van der Waals surface area contributed by atoms with Crippen LogP contribution in [0.4, 0.5) is 5.00 Å². The smallest absolute Gasteiger partial charge is 0.341 e. The second-order valence-corrected chi connectivity index (χ2v) is 9.76. The second-order valence-electron chi connectivity index (χ2n) is 7.36. The Balaban J connectivity index is 1.94. The van der Waals surface area contributed by atoms with Crippen LogP contribution in [0.3, 0.4) is 0 Å². The minimum atomic E-state index is -0.454. The third-order valence-electron chi connectivity index (χ3n) is 4.68. The molecule has 0 spiro atoms. The van der Waals surface area contributed by atoms with Gasteiger partial charge in [0, 0.05) is 9.77 Å². The summed E-state index contributed by atoms with van der Waals surface area (Å²) >= 11 is 2.91. The summed E-state index contributed by atoms with van der Waals surface area (Å²) < 4.78 is 5.47. The zero-order valence-corrected chi connectivity index (χ0v) is 19.8. The molecule has 2 aromatic carbocycles. The van der Waals surface area contributed by atoms with E-state index >= 15 is 0 Å². The van der Waals surface area contributed by atoms with Gasteiger partial charge >= 0.3 is 5.97 Å². The van der Waals surface area contributed by atoms with E-state index in [1.165, 1.54) is 23.1 Å². The number of thioether (sulfide) groups is 1. The van der Waals surface area contributed by atoms with E-state index in [2.05, 4.69) is 5.32 Å². The number of rotatable bonds is 8. The van der Waals surface area contributed by atoms with Gasteiger partial charge in [0.05, 0.1) is 11.7 Å². The highest BCUT2D eigenvalue weighted by atomic mass is 32.2. The lowest BCUT2D eigenvalue weighted by atomic mass is 10.1. The summed E-state index contributed by atoms with van der Waals surface area (Å²) in [5.41, 5.74) is 2.31. The fourth-order valence-electron chi connectivity index (χ4n) is 3.29. The summed E-state index contributed by atoms with van der Waals surface area (Å²) in [6.45, 7) is 7.62. The van der Waals surface area contributed by atoms with Crippen molar-refractivity contribution in [2.45, 2.75) is 50.4 Å². The van der Waals surface area contributed by atoms with Crippen LogP contribution in [0.5, 0.6) is 0 Å². The molecule has 0 aliphatic carbocycles. The van der Waals surface area contributed by atoms with Crippen molar-refractivity contribution in [2.24, 2.45) is 0 Å². The Labute approximate surface area is 192 Å². The summed E-state index contributed by atoms with van der Waals surface area (Å²) in [6.07, 6.45) is 0.466. The van der Waals surface area contributed by atoms with Crippen LogP contribution in [0.1, 0.15) is 52.4 Å². The largest absolute Gasteiger partial charge is 0.459 e. The van der Waals surface area contributed by atoms with Gasteiger partial charge in [-0.3, -0.25) is 4.79 Å². The van der Waals surface area contributed by atoms with E-state index in [-0.39, 0.29) is 12.0 Å². The van der Waals surface area contributed by atoms with Gasteiger partial charge in [-0.2, -0.15) is 0 Å². The molecule has 1 amide bonds. The third-order valence-corrected chi connectivity index (χ3v) is 7.01. The van der Waals surface area contributed by atoms with Gasteiger partial charge < -0.3 is 10.1 Å². The first-order valence-electron chi connectivity index (χ1n) is 10.3. The van der Waals surface area contributed by atoms with Gasteiger partial charge in [-0.15, -0.1) is 23.1 Å². The van der Waals surface area contributed by atoms with Crippen molar-refractivity contribution >= 4 is 40.0 Å². The number of esters is 1. The van der Waals surface area contributed by atoms with Gasteiger partial charge in [-0.05, 0) is 50.5 Å². The number of nitrogens with one attached hydrogen (secondary N) is 1. The minimum absolute atomic E-state index is 0.164. The van der Waals surface area contributed by atoms with Crippen molar-refractivity contribution in [3.05, 3.63) is 82.2 Å². The van der Waals surface area contributed by atoms with Gasteiger partial charge in [0.25, 0.3) is 0 Å². The van der Waals surface area contributed by atoms with Crippen molar-refractivity contribution < 1.29 is 14.3 Å². The molecule has 6 heteroatoms. The zero-order chi connectivity index (χ0) is 22.4. The number of thiophene rings is 1. The van der Waals surface area contributed by atoms with Gasteiger partial charge in [-0.25, -0.2) is 4.79 Å². The SMILES string of the molecule is CCc1c(C)sc(NC(=O)[C@H](Sc2ccccc2)c2ccccc2)c1C(=O)OC(C)C. The fourth-order valence-corrected chi connectivity index (χ4v) is 5.48. The Bertz CT molecular complexity index is 1030. The first-order chi connectivity index (χ1) is 14.9. The fraction of sp³-hybridized carbons (Fsp3) is 0.280. The zero-order valence-electron chi connectivity index (χ0n) is 18.2. The number of benzene rings is 2. The van der Waals surface area contributed by atoms with Crippen molar-refractivity contribution in [3.8, 4) is 0 Å². The molecule has 0 unspecified atom stereocenters. The number of carbonyl (C=O) groups excluding carboxylic acids is 2. The van der Waals surface area contributed by atoms with E-state index in [0.717, 1.165) is 20.9 Å². The number of hydrogen-bond acceptors (Lipinski definition) is 5. The molecule has 0 aliphatic heterocycles. The predicted octanol–water partition coefficient (Wildman–Crippen LogP) is 6.66. The summed E-state index contributed by atoms with van der Waals surface area (Å²) in [5, 5.41) is 3.14. The van der Waals surface area contributed by atoms with Crippen LogP contribution in [0.25, 0.3) is 0 Å². The highest BCUT2D eigenvalue weighted by Gasteiger charge is 2.28. The molecular weight excluding hydrogens is 426 g/mol. The normalized spacial score (nSPS) is 11.9. The van der Waals surface area contributed by atoms with E-state index in [1.807, 2.05) is 88.4 Å². The van der Waals surface area contributed by atoms with Gasteiger partial charge in [0.15, 0.2) is 0 Å². The van der Waals surface area contributed by atoms with Crippen molar-refractivity contribution in [2.75, 3.05) is 5.32 Å². The van der Waals surface area contributed by atoms with Crippen molar-refractivity contribution in [1.29, 1.82) is 0 Å². The minimum Gasteiger partial charge on any atom is -0.459 e. The Morgan fingerprint density at radius 2 is 1.65 bits per heavy atom. The number of amides is 1. The van der Waals surface area contributed by atoms with E-state index < -0.39 is 11.2 Å². The lowest BCUT2D eigenvalue weighted by molar-refractivity contribution is -0.115. The molecule has 3 aromatic rings. The van der Waals surface area contributed by atoms with Gasteiger partial charge in [-0.1, -0.05) is 55.5 Å². The van der Waals surface area contributed by atoms with E-state index in [9.17, 15) is 9.59 Å². The van der Waals surface area contributed by atoms with E-state index in [4.69, 9.17) is 4.74 Å². The maximum Gasteiger partial charge on any atom is 0.341 e. The van der Waals surface area contributed by atoms with Crippen molar-refractivity contribution in [1.82, 2.24) is 0 Å². The predicted molar refractivity (Wildman–Crippen MR) is 129 cm³/mol. The van der Waals surface area contributed by atoms with Crippen LogP contribution in [0.15, 0.2) is 65.6 Å². The molecule has 0 aliphatic rings.